The standard InChI is InChI=1S/C13H27N3.HI/c1-10(2)6-5-7-11(3)15-13(14-4)16-12-8-9-12;/h10-12H,5-9H2,1-4H3,(H2,14,15,16);1H. The van der Waals surface area contributed by atoms with Crippen molar-refractivity contribution in [3.05, 3.63) is 0 Å². The minimum atomic E-state index is 0. The second-order valence-electron chi connectivity index (χ2n) is 5.36. The molecule has 1 saturated carbocycles. The van der Waals surface area contributed by atoms with Crippen LogP contribution >= 0.6 is 24.0 Å². The van der Waals surface area contributed by atoms with Gasteiger partial charge in [-0.15, -0.1) is 24.0 Å². The Kier molecular flexibility index (Phi) is 9.00. The molecule has 0 radical (unpaired) electrons. The molecule has 0 amide bonds. The molecule has 0 aliphatic heterocycles. The third-order valence-corrected chi connectivity index (χ3v) is 2.94. The van der Waals surface area contributed by atoms with Gasteiger partial charge in [0.25, 0.3) is 0 Å². The lowest BCUT2D eigenvalue weighted by molar-refractivity contribution is 0.491. The van der Waals surface area contributed by atoms with Crippen LogP contribution < -0.4 is 10.6 Å². The monoisotopic (exact) mass is 353 g/mol. The van der Waals surface area contributed by atoms with Gasteiger partial charge in [0.2, 0.25) is 0 Å². The van der Waals surface area contributed by atoms with Gasteiger partial charge in [0.05, 0.1) is 0 Å². The molecule has 0 aromatic heterocycles. The molecule has 0 aromatic rings. The fourth-order valence-electron chi connectivity index (χ4n) is 1.73. The van der Waals surface area contributed by atoms with Gasteiger partial charge in [-0.3, -0.25) is 4.99 Å². The van der Waals surface area contributed by atoms with E-state index >= 15 is 0 Å². The van der Waals surface area contributed by atoms with Crippen LogP contribution in [0.1, 0.15) is 52.9 Å². The van der Waals surface area contributed by atoms with Crippen LogP contribution in [-0.4, -0.2) is 25.1 Å². The lowest BCUT2D eigenvalue weighted by Gasteiger charge is -2.18. The van der Waals surface area contributed by atoms with Crippen molar-refractivity contribution in [2.45, 2.75) is 65.0 Å². The summed E-state index contributed by atoms with van der Waals surface area (Å²) in [5, 5.41) is 6.86. The summed E-state index contributed by atoms with van der Waals surface area (Å²) in [6.07, 6.45) is 6.43. The van der Waals surface area contributed by atoms with Crippen molar-refractivity contribution in [1.82, 2.24) is 10.6 Å². The largest absolute Gasteiger partial charge is 0.354 e. The Morgan fingerprint density at radius 3 is 2.35 bits per heavy atom. The molecule has 1 unspecified atom stereocenters. The molecular formula is C13H28IN3. The van der Waals surface area contributed by atoms with E-state index in [4.69, 9.17) is 0 Å². The zero-order chi connectivity index (χ0) is 12.0. The zero-order valence-corrected chi connectivity index (χ0v) is 14.0. The summed E-state index contributed by atoms with van der Waals surface area (Å²) >= 11 is 0. The van der Waals surface area contributed by atoms with Gasteiger partial charge >= 0.3 is 0 Å². The van der Waals surface area contributed by atoms with Crippen molar-refractivity contribution in [3.8, 4) is 0 Å². The van der Waals surface area contributed by atoms with Gasteiger partial charge in [0.1, 0.15) is 0 Å². The van der Waals surface area contributed by atoms with Crippen molar-refractivity contribution < 1.29 is 0 Å². The van der Waals surface area contributed by atoms with E-state index in [1.807, 2.05) is 7.05 Å². The summed E-state index contributed by atoms with van der Waals surface area (Å²) in [7, 11) is 1.85. The molecule has 1 rings (SSSR count). The maximum Gasteiger partial charge on any atom is 0.191 e. The number of nitrogens with zero attached hydrogens (tertiary/aromatic N) is 1. The highest BCUT2D eigenvalue weighted by Crippen LogP contribution is 2.18. The SMILES string of the molecule is CN=C(NC(C)CCCC(C)C)NC1CC1.I. The van der Waals surface area contributed by atoms with Gasteiger partial charge in [-0.2, -0.15) is 0 Å². The summed E-state index contributed by atoms with van der Waals surface area (Å²) in [5.41, 5.74) is 0. The Morgan fingerprint density at radius 2 is 1.88 bits per heavy atom. The molecule has 0 aromatic carbocycles. The molecule has 102 valence electrons. The maximum atomic E-state index is 4.25. The number of guanidine groups is 1. The van der Waals surface area contributed by atoms with E-state index in [1.54, 1.807) is 0 Å². The molecule has 1 fully saturated rings. The number of rotatable bonds is 6. The third kappa shape index (κ3) is 8.69. The first-order valence-electron chi connectivity index (χ1n) is 6.61. The van der Waals surface area contributed by atoms with E-state index < -0.39 is 0 Å². The molecule has 2 N–H and O–H groups in total. The zero-order valence-electron chi connectivity index (χ0n) is 11.6. The Labute approximate surface area is 123 Å². The number of halogens is 1. The van der Waals surface area contributed by atoms with Gasteiger partial charge in [0.15, 0.2) is 5.96 Å². The van der Waals surface area contributed by atoms with Crippen molar-refractivity contribution in [2.75, 3.05) is 7.05 Å². The van der Waals surface area contributed by atoms with Crippen LogP contribution in [0, 0.1) is 5.92 Å². The Morgan fingerprint density at radius 1 is 1.24 bits per heavy atom. The van der Waals surface area contributed by atoms with Gasteiger partial charge in [-0.25, -0.2) is 0 Å². The van der Waals surface area contributed by atoms with Crippen molar-refractivity contribution in [1.29, 1.82) is 0 Å². The summed E-state index contributed by atoms with van der Waals surface area (Å²) < 4.78 is 0. The molecule has 0 bridgehead atoms. The fraction of sp³-hybridized carbons (Fsp3) is 0.923. The second kappa shape index (κ2) is 9.00. The lowest BCUT2D eigenvalue weighted by atomic mass is 10.0. The van der Waals surface area contributed by atoms with Crippen LogP contribution in [0.2, 0.25) is 0 Å². The molecule has 3 nitrogen and oxygen atoms in total. The van der Waals surface area contributed by atoms with Crippen LogP contribution in [0.3, 0.4) is 0 Å². The molecule has 0 heterocycles. The normalized spacial score (nSPS) is 17.6. The molecular weight excluding hydrogens is 325 g/mol. The summed E-state index contributed by atoms with van der Waals surface area (Å²) in [6, 6.07) is 1.19. The first kappa shape index (κ1) is 17.0. The maximum absolute atomic E-state index is 4.25. The van der Waals surface area contributed by atoms with Crippen LogP contribution in [0.5, 0.6) is 0 Å². The Balaban J connectivity index is 0.00000256. The molecule has 1 aliphatic rings. The van der Waals surface area contributed by atoms with Crippen LogP contribution in [0.15, 0.2) is 4.99 Å². The van der Waals surface area contributed by atoms with E-state index in [0.29, 0.717) is 12.1 Å². The highest BCUT2D eigenvalue weighted by Gasteiger charge is 2.22. The van der Waals surface area contributed by atoms with Crippen LogP contribution in [0.25, 0.3) is 0 Å². The minimum absolute atomic E-state index is 0. The Hall–Kier alpha value is 0. The summed E-state index contributed by atoms with van der Waals surface area (Å²) in [4.78, 5) is 4.25. The molecule has 17 heavy (non-hydrogen) atoms. The molecule has 0 spiro atoms. The average Bonchev–Trinajstić information content (AvgIpc) is 3.00. The number of hydrogen-bond acceptors (Lipinski definition) is 1. The van der Waals surface area contributed by atoms with Crippen molar-refractivity contribution in [2.24, 2.45) is 10.9 Å². The Bertz CT molecular complexity index is 225. The fourth-order valence-corrected chi connectivity index (χ4v) is 1.73. The quantitative estimate of drug-likeness (QED) is 0.437. The van der Waals surface area contributed by atoms with E-state index in [9.17, 15) is 0 Å². The molecule has 1 aliphatic carbocycles. The highest BCUT2D eigenvalue weighted by atomic mass is 127. The van der Waals surface area contributed by atoms with Gasteiger partial charge in [-0.1, -0.05) is 26.7 Å². The third-order valence-electron chi connectivity index (χ3n) is 2.94. The summed E-state index contributed by atoms with van der Waals surface area (Å²) in [5.74, 6) is 1.79. The predicted octanol–water partition coefficient (Wildman–Crippen LogP) is 3.15. The highest BCUT2D eigenvalue weighted by molar-refractivity contribution is 14.0. The topological polar surface area (TPSA) is 36.4 Å². The first-order valence-corrected chi connectivity index (χ1v) is 6.61. The molecule has 1 atom stereocenters. The summed E-state index contributed by atoms with van der Waals surface area (Å²) in [6.45, 7) is 6.80. The first-order chi connectivity index (χ1) is 7.61. The average molecular weight is 353 g/mol. The number of nitrogens with one attached hydrogen (secondary N) is 2. The van der Waals surface area contributed by atoms with E-state index in [1.165, 1.54) is 32.1 Å². The second-order valence-corrected chi connectivity index (χ2v) is 5.36. The van der Waals surface area contributed by atoms with Crippen molar-refractivity contribution >= 4 is 29.9 Å². The van der Waals surface area contributed by atoms with Crippen LogP contribution in [0.4, 0.5) is 0 Å². The van der Waals surface area contributed by atoms with Gasteiger partial charge < -0.3 is 10.6 Å². The minimum Gasteiger partial charge on any atom is -0.354 e. The number of hydrogen-bond donors (Lipinski definition) is 2. The van der Waals surface area contributed by atoms with Gasteiger partial charge in [0, 0.05) is 19.1 Å². The number of aliphatic imine (C=N–C) groups is 1. The van der Waals surface area contributed by atoms with E-state index in [2.05, 4.69) is 36.4 Å². The van der Waals surface area contributed by atoms with Crippen molar-refractivity contribution in [3.63, 3.8) is 0 Å². The lowest BCUT2D eigenvalue weighted by Crippen LogP contribution is -2.43. The van der Waals surface area contributed by atoms with Crippen LogP contribution in [-0.2, 0) is 0 Å². The van der Waals surface area contributed by atoms with Gasteiger partial charge in [-0.05, 0) is 32.1 Å². The van der Waals surface area contributed by atoms with E-state index in [0.717, 1.165) is 11.9 Å². The smallest absolute Gasteiger partial charge is 0.191 e. The molecule has 0 saturated heterocycles. The predicted molar refractivity (Wildman–Crippen MR) is 86.2 cm³/mol. The van der Waals surface area contributed by atoms with E-state index in [-0.39, 0.29) is 24.0 Å². The molecule has 4 heteroatoms.